The molecule has 0 nitrogen and oxygen atoms in total. The molecule has 0 saturated heterocycles. The fourth-order valence-corrected chi connectivity index (χ4v) is 3.59. The third-order valence-corrected chi connectivity index (χ3v) is 6.30. The maximum Gasteiger partial charge on any atom is 0.0531 e. The van der Waals surface area contributed by atoms with E-state index in [1.807, 2.05) is 0 Å². The molecule has 0 unspecified atom stereocenters. The first-order valence-corrected chi connectivity index (χ1v) is 6.26. The van der Waals surface area contributed by atoms with Crippen LogP contribution in [0.2, 0.25) is 0 Å². The van der Waals surface area contributed by atoms with Crippen LogP contribution in [0.15, 0.2) is 24.3 Å². The molecule has 0 bridgehead atoms. The van der Waals surface area contributed by atoms with Crippen LogP contribution in [0.3, 0.4) is 0 Å². The van der Waals surface area contributed by atoms with Crippen molar-refractivity contribution in [3.63, 3.8) is 0 Å². The Balaban J connectivity index is 2.61. The van der Waals surface area contributed by atoms with Crippen molar-refractivity contribution < 1.29 is 0 Å². The minimum absolute atomic E-state index is 0.227. The summed E-state index contributed by atoms with van der Waals surface area (Å²) in [6.07, 6.45) is 0. The zero-order valence-corrected chi connectivity index (χ0v) is 10.9. The highest BCUT2D eigenvalue weighted by Crippen LogP contribution is 2.52. The molecule has 0 amide bonds. The van der Waals surface area contributed by atoms with Gasteiger partial charge in [0, 0.05) is 10.2 Å². The Morgan fingerprint density at radius 2 is 1.77 bits per heavy atom. The number of fused-ring (bicyclic) bond motifs is 1. The van der Waals surface area contributed by atoms with Gasteiger partial charge in [0.1, 0.15) is 0 Å². The van der Waals surface area contributed by atoms with Crippen LogP contribution in [-0.4, -0.2) is 4.83 Å². The lowest BCUT2D eigenvalue weighted by Crippen LogP contribution is -2.24. The molecule has 0 saturated carbocycles. The molecule has 2 heteroatoms. The van der Waals surface area contributed by atoms with Crippen LogP contribution >= 0.6 is 31.9 Å². The molecule has 0 radical (unpaired) electrons. The van der Waals surface area contributed by atoms with E-state index in [1.54, 1.807) is 0 Å². The molecule has 1 aliphatic carbocycles. The van der Waals surface area contributed by atoms with Crippen LogP contribution in [-0.2, 0) is 5.41 Å². The zero-order valence-electron chi connectivity index (χ0n) is 7.72. The summed E-state index contributed by atoms with van der Waals surface area (Å²) in [4.78, 5) is 0.927. The highest BCUT2D eigenvalue weighted by Gasteiger charge is 2.43. The van der Waals surface area contributed by atoms with E-state index < -0.39 is 0 Å². The van der Waals surface area contributed by atoms with Gasteiger partial charge in [0.15, 0.2) is 0 Å². The summed E-state index contributed by atoms with van der Waals surface area (Å²) in [6, 6.07) is 8.65. The Morgan fingerprint density at radius 1 is 1.15 bits per heavy atom. The maximum absolute atomic E-state index is 3.76. The third kappa shape index (κ3) is 1.30. The summed E-state index contributed by atoms with van der Waals surface area (Å²) < 4.78 is 0. The molecule has 1 aromatic rings. The van der Waals surface area contributed by atoms with Crippen molar-refractivity contribution in [1.29, 1.82) is 0 Å². The SMILES string of the molecule is CC1(C)c2ccccc2[C@@H](Br)[C@H]1Br. The molecule has 0 heterocycles. The highest BCUT2D eigenvalue weighted by atomic mass is 79.9. The van der Waals surface area contributed by atoms with Gasteiger partial charge in [0.05, 0.1) is 4.83 Å². The molecular weight excluding hydrogens is 292 g/mol. The second-order valence-electron chi connectivity index (χ2n) is 4.11. The molecular formula is C11H12Br2. The van der Waals surface area contributed by atoms with E-state index in [1.165, 1.54) is 11.1 Å². The van der Waals surface area contributed by atoms with Crippen molar-refractivity contribution in [2.45, 2.75) is 28.9 Å². The predicted molar refractivity (Wildman–Crippen MR) is 63.9 cm³/mol. The second-order valence-corrected chi connectivity index (χ2v) is 6.09. The van der Waals surface area contributed by atoms with Crippen molar-refractivity contribution in [1.82, 2.24) is 0 Å². The Hall–Kier alpha value is 0.180. The number of alkyl halides is 2. The second kappa shape index (κ2) is 3.09. The van der Waals surface area contributed by atoms with Gasteiger partial charge >= 0.3 is 0 Å². The van der Waals surface area contributed by atoms with E-state index in [0.717, 1.165) is 0 Å². The predicted octanol–water partition coefficient (Wildman–Crippen LogP) is 4.18. The minimum atomic E-state index is 0.227. The molecule has 70 valence electrons. The third-order valence-electron chi connectivity index (χ3n) is 2.90. The molecule has 0 aromatic heterocycles. The first kappa shape index (κ1) is 9.72. The number of rotatable bonds is 0. The van der Waals surface area contributed by atoms with Gasteiger partial charge < -0.3 is 0 Å². The number of benzene rings is 1. The van der Waals surface area contributed by atoms with Crippen molar-refractivity contribution in [3.8, 4) is 0 Å². The quantitative estimate of drug-likeness (QED) is 0.631. The van der Waals surface area contributed by atoms with Gasteiger partial charge in [-0.25, -0.2) is 0 Å². The van der Waals surface area contributed by atoms with Gasteiger partial charge in [-0.05, 0) is 11.1 Å². The van der Waals surface area contributed by atoms with Gasteiger partial charge in [0.2, 0.25) is 0 Å². The topological polar surface area (TPSA) is 0 Å². The van der Waals surface area contributed by atoms with E-state index in [0.29, 0.717) is 9.65 Å². The summed E-state index contributed by atoms with van der Waals surface area (Å²) in [5, 5.41) is 0. The van der Waals surface area contributed by atoms with Crippen LogP contribution in [0, 0.1) is 0 Å². The maximum atomic E-state index is 3.76. The van der Waals surface area contributed by atoms with Crippen LogP contribution < -0.4 is 0 Å². The largest absolute Gasteiger partial charge is 0.0865 e. The fraction of sp³-hybridized carbons (Fsp3) is 0.455. The molecule has 0 aliphatic heterocycles. The standard InChI is InChI=1S/C11H12Br2/c1-11(2)8-6-4-3-5-7(8)9(12)10(11)13/h3-6,9-10H,1-2H3/t9-,10-/m1/s1. The van der Waals surface area contributed by atoms with E-state index in [4.69, 9.17) is 0 Å². The molecule has 0 spiro atoms. The Bertz CT molecular complexity index is 331. The molecule has 1 aliphatic rings. The molecule has 2 rings (SSSR count). The average Bonchev–Trinajstić information content (AvgIpc) is 2.30. The van der Waals surface area contributed by atoms with Crippen LogP contribution in [0.25, 0.3) is 0 Å². The summed E-state index contributed by atoms with van der Waals surface area (Å²) >= 11 is 7.49. The first-order chi connectivity index (χ1) is 6.05. The van der Waals surface area contributed by atoms with Gasteiger partial charge in [0.25, 0.3) is 0 Å². The number of hydrogen-bond acceptors (Lipinski definition) is 0. The zero-order chi connectivity index (χ0) is 9.64. The monoisotopic (exact) mass is 302 g/mol. The van der Waals surface area contributed by atoms with Crippen molar-refractivity contribution in [3.05, 3.63) is 35.4 Å². The normalized spacial score (nSPS) is 30.2. The van der Waals surface area contributed by atoms with E-state index in [9.17, 15) is 0 Å². The summed E-state index contributed by atoms with van der Waals surface area (Å²) in [7, 11) is 0. The number of halogens is 2. The Labute approximate surface area is 96.0 Å². The summed E-state index contributed by atoms with van der Waals surface area (Å²) in [5.41, 5.74) is 3.11. The minimum Gasteiger partial charge on any atom is -0.0865 e. The number of hydrogen-bond donors (Lipinski definition) is 0. The Kier molecular flexibility index (Phi) is 2.31. The van der Waals surface area contributed by atoms with E-state index >= 15 is 0 Å². The Morgan fingerprint density at radius 3 is 2.38 bits per heavy atom. The van der Waals surface area contributed by atoms with Gasteiger partial charge in [-0.3, -0.25) is 0 Å². The van der Waals surface area contributed by atoms with Crippen LogP contribution in [0.1, 0.15) is 29.8 Å². The fourth-order valence-electron chi connectivity index (χ4n) is 2.00. The lowest BCUT2D eigenvalue weighted by Gasteiger charge is -2.24. The van der Waals surface area contributed by atoms with Gasteiger partial charge in [-0.15, -0.1) is 0 Å². The van der Waals surface area contributed by atoms with Crippen molar-refractivity contribution >= 4 is 31.9 Å². The first-order valence-electron chi connectivity index (χ1n) is 4.42. The van der Waals surface area contributed by atoms with Crippen molar-refractivity contribution in [2.75, 3.05) is 0 Å². The van der Waals surface area contributed by atoms with Crippen LogP contribution in [0.4, 0.5) is 0 Å². The van der Waals surface area contributed by atoms with Gasteiger partial charge in [-0.2, -0.15) is 0 Å². The van der Waals surface area contributed by atoms with E-state index in [2.05, 4.69) is 70.0 Å². The lowest BCUT2D eigenvalue weighted by molar-refractivity contribution is 0.543. The molecule has 13 heavy (non-hydrogen) atoms. The lowest BCUT2D eigenvalue weighted by atomic mass is 9.87. The molecule has 2 atom stereocenters. The smallest absolute Gasteiger partial charge is 0.0531 e. The molecule has 1 aromatic carbocycles. The van der Waals surface area contributed by atoms with Gasteiger partial charge in [-0.1, -0.05) is 70.0 Å². The van der Waals surface area contributed by atoms with Crippen LogP contribution in [0.5, 0.6) is 0 Å². The van der Waals surface area contributed by atoms with Crippen molar-refractivity contribution in [2.24, 2.45) is 0 Å². The summed E-state index contributed by atoms with van der Waals surface area (Å²) in [5.74, 6) is 0. The van der Waals surface area contributed by atoms with E-state index in [-0.39, 0.29) is 5.41 Å². The highest BCUT2D eigenvalue weighted by molar-refractivity contribution is 9.12. The average molecular weight is 304 g/mol. The molecule has 0 N–H and O–H groups in total. The summed E-state index contributed by atoms with van der Waals surface area (Å²) in [6.45, 7) is 4.57. The molecule has 0 fully saturated rings.